The van der Waals surface area contributed by atoms with Crippen molar-refractivity contribution in [3.63, 3.8) is 0 Å². The van der Waals surface area contributed by atoms with Gasteiger partial charge >= 0.3 is 0 Å². The average molecular weight is 494 g/mol. The molecule has 0 bridgehead atoms. The van der Waals surface area contributed by atoms with Crippen LogP contribution in [0.5, 0.6) is 5.75 Å². The van der Waals surface area contributed by atoms with Crippen LogP contribution in [0.15, 0.2) is 36.4 Å². The van der Waals surface area contributed by atoms with Crippen molar-refractivity contribution < 1.29 is 9.84 Å². The summed E-state index contributed by atoms with van der Waals surface area (Å²) in [6.07, 6.45) is 5.26. The van der Waals surface area contributed by atoms with Crippen LogP contribution in [0.3, 0.4) is 0 Å². The molecule has 4 nitrogen and oxygen atoms in total. The van der Waals surface area contributed by atoms with Crippen molar-refractivity contribution in [2.45, 2.75) is 41.1 Å². The minimum Gasteiger partial charge on any atom is -0.497 e. The van der Waals surface area contributed by atoms with E-state index in [1.54, 1.807) is 7.11 Å². The normalized spacial score (nSPS) is 22.7. The van der Waals surface area contributed by atoms with Crippen LogP contribution in [0.1, 0.15) is 37.7 Å². The SMILES string of the molecule is COc1ccc2cc(C(I)(CN3CCNCC3)C3(O)CCCCC3)ccc2c1. The standard InChI is InChI=1S/C23H31IN2O2/c1-28-21-8-6-18-15-20(7-5-19(18)16-21)23(24,17-26-13-11-25-12-14-26)22(27)9-3-2-4-10-22/h5-8,15-16,25,27H,2-4,9-14,17H2,1H3. The van der Waals surface area contributed by atoms with Gasteiger partial charge in [0, 0.05) is 32.7 Å². The van der Waals surface area contributed by atoms with Crippen LogP contribution in [0.4, 0.5) is 0 Å². The summed E-state index contributed by atoms with van der Waals surface area (Å²) in [5.74, 6) is 0.882. The summed E-state index contributed by atoms with van der Waals surface area (Å²) in [5.41, 5.74) is 0.588. The quantitative estimate of drug-likeness (QED) is 0.486. The summed E-state index contributed by atoms with van der Waals surface area (Å²) in [5, 5.41) is 17.7. The van der Waals surface area contributed by atoms with Gasteiger partial charge in [0.2, 0.25) is 0 Å². The van der Waals surface area contributed by atoms with Crippen molar-refractivity contribution in [1.29, 1.82) is 0 Å². The highest BCUT2D eigenvalue weighted by molar-refractivity contribution is 14.1. The van der Waals surface area contributed by atoms with E-state index >= 15 is 0 Å². The molecule has 0 radical (unpaired) electrons. The second-order valence-corrected chi connectivity index (χ2v) is 10.2. The van der Waals surface area contributed by atoms with Gasteiger partial charge in [0.15, 0.2) is 0 Å². The highest BCUT2D eigenvalue weighted by atomic mass is 127. The Morgan fingerprint density at radius 3 is 2.46 bits per heavy atom. The lowest BCUT2D eigenvalue weighted by atomic mass is 9.72. The first-order valence-corrected chi connectivity index (χ1v) is 11.5. The number of alkyl halides is 1. The smallest absolute Gasteiger partial charge is 0.119 e. The van der Waals surface area contributed by atoms with Gasteiger partial charge < -0.3 is 15.2 Å². The number of piperazine rings is 1. The van der Waals surface area contributed by atoms with E-state index in [1.807, 2.05) is 6.07 Å². The topological polar surface area (TPSA) is 44.7 Å². The van der Waals surface area contributed by atoms with Crippen molar-refractivity contribution in [3.8, 4) is 5.75 Å². The zero-order valence-corrected chi connectivity index (χ0v) is 18.9. The zero-order chi connectivity index (χ0) is 19.6. The van der Waals surface area contributed by atoms with E-state index in [0.717, 1.165) is 64.2 Å². The van der Waals surface area contributed by atoms with Crippen LogP contribution in [0.2, 0.25) is 0 Å². The maximum absolute atomic E-state index is 11.9. The molecule has 0 aromatic heterocycles. The fourth-order valence-corrected chi connectivity index (χ4v) is 6.17. The number of nitrogens with zero attached hydrogens (tertiary/aromatic N) is 1. The number of fused-ring (bicyclic) bond motifs is 1. The molecule has 1 atom stereocenters. The largest absolute Gasteiger partial charge is 0.497 e. The van der Waals surface area contributed by atoms with Crippen LogP contribution >= 0.6 is 22.6 Å². The number of hydrogen-bond acceptors (Lipinski definition) is 4. The van der Waals surface area contributed by atoms with Gasteiger partial charge in [0.25, 0.3) is 0 Å². The van der Waals surface area contributed by atoms with Crippen molar-refractivity contribution >= 4 is 33.4 Å². The highest BCUT2D eigenvalue weighted by Gasteiger charge is 2.50. The predicted molar refractivity (Wildman–Crippen MR) is 124 cm³/mol. The van der Waals surface area contributed by atoms with E-state index in [2.05, 4.69) is 63.1 Å². The van der Waals surface area contributed by atoms with Gasteiger partial charge in [0.1, 0.15) is 5.75 Å². The number of nitrogens with one attached hydrogen (secondary N) is 1. The minimum atomic E-state index is -0.656. The summed E-state index contributed by atoms with van der Waals surface area (Å²) < 4.78 is 5.07. The number of benzene rings is 2. The lowest BCUT2D eigenvalue weighted by Crippen LogP contribution is -2.57. The maximum Gasteiger partial charge on any atom is 0.119 e. The fourth-order valence-electron chi connectivity index (χ4n) is 4.81. The van der Waals surface area contributed by atoms with Crippen LogP contribution < -0.4 is 10.1 Å². The van der Waals surface area contributed by atoms with Gasteiger partial charge in [0.05, 0.1) is 16.1 Å². The Balaban J connectivity index is 1.74. The molecule has 0 spiro atoms. The molecule has 1 saturated heterocycles. The van der Waals surface area contributed by atoms with Gasteiger partial charge in [-0.25, -0.2) is 0 Å². The van der Waals surface area contributed by atoms with E-state index in [-0.39, 0.29) is 3.42 Å². The Hall–Kier alpha value is -0.890. The van der Waals surface area contributed by atoms with Crippen molar-refractivity contribution in [1.82, 2.24) is 10.2 Å². The van der Waals surface area contributed by atoms with E-state index in [1.165, 1.54) is 22.8 Å². The Morgan fingerprint density at radius 2 is 1.75 bits per heavy atom. The molecule has 2 aliphatic rings. The molecule has 1 saturated carbocycles. The average Bonchev–Trinajstić information content (AvgIpc) is 2.74. The first kappa shape index (κ1) is 20.4. The fraction of sp³-hybridized carbons (Fsp3) is 0.565. The third-order valence-corrected chi connectivity index (χ3v) is 8.54. The Bertz CT molecular complexity index is 815. The monoisotopic (exact) mass is 494 g/mol. The number of rotatable bonds is 5. The molecule has 5 heteroatoms. The molecule has 2 fully saturated rings. The van der Waals surface area contributed by atoms with Gasteiger partial charge in [-0.15, -0.1) is 0 Å². The van der Waals surface area contributed by atoms with E-state index in [9.17, 15) is 5.11 Å². The molecule has 2 aromatic rings. The second-order valence-electron chi connectivity index (χ2n) is 8.35. The van der Waals surface area contributed by atoms with Gasteiger partial charge in [-0.2, -0.15) is 0 Å². The van der Waals surface area contributed by atoms with E-state index in [0.29, 0.717) is 0 Å². The first-order valence-electron chi connectivity index (χ1n) is 10.5. The lowest BCUT2D eigenvalue weighted by Gasteiger charge is -2.49. The molecule has 1 aliphatic carbocycles. The summed E-state index contributed by atoms with van der Waals surface area (Å²) in [6.45, 7) is 5.05. The minimum absolute atomic E-state index is 0.309. The molecular weight excluding hydrogens is 463 g/mol. The van der Waals surface area contributed by atoms with Crippen molar-refractivity contribution in [2.75, 3.05) is 39.8 Å². The Labute approximate surface area is 181 Å². The third-order valence-electron chi connectivity index (χ3n) is 6.57. The molecule has 2 aromatic carbocycles. The number of ether oxygens (including phenoxy) is 1. The van der Waals surface area contributed by atoms with Crippen LogP contribution in [0.25, 0.3) is 10.8 Å². The van der Waals surface area contributed by atoms with E-state index in [4.69, 9.17) is 4.74 Å². The molecule has 1 aliphatic heterocycles. The molecule has 1 unspecified atom stereocenters. The molecule has 28 heavy (non-hydrogen) atoms. The molecule has 4 rings (SSSR count). The van der Waals surface area contributed by atoms with E-state index < -0.39 is 5.60 Å². The molecule has 1 heterocycles. The first-order chi connectivity index (χ1) is 13.5. The summed E-state index contributed by atoms with van der Waals surface area (Å²) in [6, 6.07) is 12.9. The van der Waals surface area contributed by atoms with Gasteiger partial charge in [-0.1, -0.05) is 60.1 Å². The number of aliphatic hydroxyl groups is 1. The number of methoxy groups -OCH3 is 1. The molecule has 2 N–H and O–H groups in total. The highest BCUT2D eigenvalue weighted by Crippen LogP contribution is 2.50. The molecular formula is C23H31IN2O2. The Morgan fingerprint density at radius 1 is 1.07 bits per heavy atom. The van der Waals surface area contributed by atoms with Crippen molar-refractivity contribution in [3.05, 3.63) is 42.0 Å². The second kappa shape index (κ2) is 8.46. The predicted octanol–water partition coefficient (Wildman–Crippen LogP) is 4.08. The number of halogens is 1. The van der Waals surface area contributed by atoms with Crippen LogP contribution in [0, 0.1) is 0 Å². The van der Waals surface area contributed by atoms with Crippen LogP contribution in [-0.4, -0.2) is 55.4 Å². The van der Waals surface area contributed by atoms with Gasteiger partial charge in [-0.05, 0) is 47.4 Å². The number of hydrogen-bond donors (Lipinski definition) is 2. The summed E-state index contributed by atoms with van der Waals surface area (Å²) in [4.78, 5) is 2.52. The van der Waals surface area contributed by atoms with Crippen LogP contribution in [-0.2, 0) is 3.42 Å². The summed E-state index contributed by atoms with van der Waals surface area (Å²) in [7, 11) is 1.71. The Kier molecular flexibility index (Phi) is 6.16. The zero-order valence-electron chi connectivity index (χ0n) is 16.7. The molecule has 0 amide bonds. The van der Waals surface area contributed by atoms with Crippen molar-refractivity contribution in [2.24, 2.45) is 0 Å². The lowest BCUT2D eigenvalue weighted by molar-refractivity contribution is -0.0387. The maximum atomic E-state index is 11.9. The van der Waals surface area contributed by atoms with Gasteiger partial charge in [-0.3, -0.25) is 4.90 Å². The summed E-state index contributed by atoms with van der Waals surface area (Å²) >= 11 is 2.59. The third kappa shape index (κ3) is 3.91. The molecule has 152 valence electrons.